The SMILES string of the molecule is CC(C)C(O)CNS(=O)(=O)c1c[nH]c(C(=O)O)c1. The van der Waals surface area contributed by atoms with E-state index in [1.54, 1.807) is 13.8 Å². The van der Waals surface area contributed by atoms with Crippen molar-refractivity contribution in [3.05, 3.63) is 18.0 Å². The number of carbonyl (C=O) groups is 1. The van der Waals surface area contributed by atoms with Gasteiger partial charge in [0.15, 0.2) is 0 Å². The number of aromatic nitrogens is 1. The highest BCUT2D eigenvalue weighted by molar-refractivity contribution is 7.89. The number of aliphatic hydroxyl groups excluding tert-OH is 1. The van der Waals surface area contributed by atoms with E-state index in [1.165, 1.54) is 0 Å². The molecule has 0 aliphatic rings. The van der Waals surface area contributed by atoms with Gasteiger partial charge in [0.05, 0.1) is 6.10 Å². The summed E-state index contributed by atoms with van der Waals surface area (Å²) in [6, 6.07) is 1.02. The Bertz CT molecular complexity index is 520. The Morgan fingerprint density at radius 3 is 2.56 bits per heavy atom. The average molecular weight is 276 g/mol. The summed E-state index contributed by atoms with van der Waals surface area (Å²) < 4.78 is 25.7. The van der Waals surface area contributed by atoms with Gasteiger partial charge in [-0.25, -0.2) is 17.9 Å². The lowest BCUT2D eigenvalue weighted by atomic mass is 10.1. The molecule has 0 saturated heterocycles. The quantitative estimate of drug-likeness (QED) is 0.583. The summed E-state index contributed by atoms with van der Waals surface area (Å²) >= 11 is 0. The maximum Gasteiger partial charge on any atom is 0.352 e. The van der Waals surface area contributed by atoms with E-state index < -0.39 is 22.1 Å². The molecule has 0 fully saturated rings. The molecule has 8 heteroatoms. The first-order valence-corrected chi connectivity index (χ1v) is 6.82. The van der Waals surface area contributed by atoms with E-state index in [0.29, 0.717) is 0 Å². The molecule has 1 atom stereocenters. The summed E-state index contributed by atoms with van der Waals surface area (Å²) in [5, 5.41) is 18.2. The minimum atomic E-state index is -3.81. The molecule has 102 valence electrons. The van der Waals surface area contributed by atoms with Crippen molar-refractivity contribution in [2.75, 3.05) is 6.54 Å². The Morgan fingerprint density at radius 2 is 2.11 bits per heavy atom. The molecule has 0 aliphatic heterocycles. The average Bonchev–Trinajstić information content (AvgIpc) is 2.75. The molecule has 4 N–H and O–H groups in total. The van der Waals surface area contributed by atoms with E-state index in [9.17, 15) is 18.3 Å². The van der Waals surface area contributed by atoms with Gasteiger partial charge in [0.1, 0.15) is 10.6 Å². The Labute approximate surface area is 105 Å². The number of hydrogen-bond acceptors (Lipinski definition) is 4. The molecule has 1 aromatic rings. The molecule has 7 nitrogen and oxygen atoms in total. The number of aromatic carboxylic acids is 1. The fraction of sp³-hybridized carbons (Fsp3) is 0.500. The third kappa shape index (κ3) is 3.56. The summed E-state index contributed by atoms with van der Waals surface area (Å²) in [5.41, 5.74) is -0.209. The second kappa shape index (κ2) is 5.51. The van der Waals surface area contributed by atoms with E-state index in [1.807, 2.05) is 0 Å². The first-order valence-electron chi connectivity index (χ1n) is 5.33. The predicted molar refractivity (Wildman–Crippen MR) is 63.8 cm³/mol. The first-order chi connectivity index (χ1) is 8.24. The fourth-order valence-corrected chi connectivity index (χ4v) is 2.21. The van der Waals surface area contributed by atoms with E-state index in [4.69, 9.17) is 5.11 Å². The Morgan fingerprint density at radius 1 is 1.50 bits per heavy atom. The molecular weight excluding hydrogens is 260 g/mol. The lowest BCUT2D eigenvalue weighted by molar-refractivity contribution is 0.0691. The van der Waals surface area contributed by atoms with Crippen LogP contribution in [0.4, 0.5) is 0 Å². The fourth-order valence-electron chi connectivity index (χ4n) is 1.17. The molecular formula is C10H16N2O5S. The van der Waals surface area contributed by atoms with Gasteiger partial charge in [-0.05, 0) is 12.0 Å². The van der Waals surface area contributed by atoms with Crippen molar-refractivity contribution in [1.82, 2.24) is 9.71 Å². The monoisotopic (exact) mass is 276 g/mol. The molecule has 0 spiro atoms. The summed E-state index contributed by atoms with van der Waals surface area (Å²) in [4.78, 5) is 12.8. The molecule has 0 radical (unpaired) electrons. The molecule has 0 aliphatic carbocycles. The van der Waals surface area contributed by atoms with Gasteiger partial charge >= 0.3 is 5.97 Å². The Kier molecular flexibility index (Phi) is 4.49. The van der Waals surface area contributed by atoms with Crippen LogP contribution in [0.1, 0.15) is 24.3 Å². The molecule has 0 amide bonds. The van der Waals surface area contributed by atoms with Crippen LogP contribution in [0.3, 0.4) is 0 Å². The minimum Gasteiger partial charge on any atom is -0.477 e. The smallest absolute Gasteiger partial charge is 0.352 e. The molecule has 1 heterocycles. The van der Waals surface area contributed by atoms with Gasteiger partial charge in [-0.3, -0.25) is 0 Å². The topological polar surface area (TPSA) is 119 Å². The van der Waals surface area contributed by atoms with Gasteiger partial charge in [0.2, 0.25) is 10.0 Å². The molecule has 0 saturated carbocycles. The third-order valence-electron chi connectivity index (χ3n) is 2.45. The van der Waals surface area contributed by atoms with Gasteiger partial charge in [-0.2, -0.15) is 0 Å². The zero-order chi connectivity index (χ0) is 13.9. The lowest BCUT2D eigenvalue weighted by Crippen LogP contribution is -2.34. The summed E-state index contributed by atoms with van der Waals surface area (Å²) in [6.07, 6.45) is 0.297. The number of hydrogen-bond donors (Lipinski definition) is 4. The van der Waals surface area contributed by atoms with Crippen molar-refractivity contribution in [2.45, 2.75) is 24.8 Å². The van der Waals surface area contributed by atoms with Crippen LogP contribution in [-0.4, -0.2) is 42.2 Å². The van der Waals surface area contributed by atoms with E-state index in [0.717, 1.165) is 12.3 Å². The second-order valence-corrected chi connectivity index (χ2v) is 5.98. The highest BCUT2D eigenvalue weighted by Gasteiger charge is 2.20. The molecule has 1 unspecified atom stereocenters. The van der Waals surface area contributed by atoms with Gasteiger partial charge < -0.3 is 15.2 Å². The van der Waals surface area contributed by atoms with Gasteiger partial charge in [-0.1, -0.05) is 13.8 Å². The molecule has 1 rings (SSSR count). The second-order valence-electron chi connectivity index (χ2n) is 4.22. The van der Waals surface area contributed by atoms with Gasteiger partial charge in [0.25, 0.3) is 0 Å². The standard InChI is InChI=1S/C10H16N2O5S/c1-6(2)9(13)5-12-18(16,17)7-3-8(10(14)15)11-4-7/h3-4,6,9,11-13H,5H2,1-2H3,(H,14,15). The first kappa shape index (κ1) is 14.7. The van der Waals surface area contributed by atoms with Crippen molar-refractivity contribution in [3.8, 4) is 0 Å². The van der Waals surface area contributed by atoms with Crippen LogP contribution in [0.25, 0.3) is 0 Å². The highest BCUT2D eigenvalue weighted by Crippen LogP contribution is 2.11. The number of nitrogens with one attached hydrogen (secondary N) is 2. The van der Waals surface area contributed by atoms with Crippen molar-refractivity contribution >= 4 is 16.0 Å². The normalized spacial score (nSPS) is 13.8. The van der Waals surface area contributed by atoms with Crippen molar-refractivity contribution < 1.29 is 23.4 Å². The summed E-state index contributed by atoms with van der Waals surface area (Å²) in [7, 11) is -3.81. The predicted octanol–water partition coefficient (Wildman–Crippen LogP) is 0.00810. The van der Waals surface area contributed by atoms with Crippen LogP contribution in [0.5, 0.6) is 0 Å². The number of carboxylic acids is 1. The molecule has 0 bridgehead atoms. The van der Waals surface area contributed by atoms with E-state index in [2.05, 4.69) is 9.71 Å². The van der Waals surface area contributed by atoms with Crippen molar-refractivity contribution in [2.24, 2.45) is 5.92 Å². The lowest BCUT2D eigenvalue weighted by Gasteiger charge is -2.14. The number of sulfonamides is 1. The Balaban J connectivity index is 2.77. The van der Waals surface area contributed by atoms with Crippen LogP contribution >= 0.6 is 0 Å². The molecule has 18 heavy (non-hydrogen) atoms. The number of rotatable bonds is 6. The van der Waals surface area contributed by atoms with Crippen LogP contribution in [0, 0.1) is 5.92 Å². The largest absolute Gasteiger partial charge is 0.477 e. The zero-order valence-electron chi connectivity index (χ0n) is 10.0. The third-order valence-corrected chi connectivity index (χ3v) is 3.85. The molecule has 0 aromatic carbocycles. The van der Waals surface area contributed by atoms with Crippen LogP contribution in [0.2, 0.25) is 0 Å². The number of carboxylic acid groups (broad SMARTS) is 1. The van der Waals surface area contributed by atoms with Crippen LogP contribution < -0.4 is 4.72 Å². The Hall–Kier alpha value is -1.38. The number of aliphatic hydroxyl groups is 1. The van der Waals surface area contributed by atoms with Gasteiger partial charge in [0, 0.05) is 12.7 Å². The van der Waals surface area contributed by atoms with Crippen LogP contribution in [-0.2, 0) is 10.0 Å². The summed E-state index contributed by atoms with van der Waals surface area (Å²) in [6.45, 7) is 3.41. The van der Waals surface area contributed by atoms with E-state index >= 15 is 0 Å². The van der Waals surface area contributed by atoms with Gasteiger partial charge in [-0.15, -0.1) is 0 Å². The van der Waals surface area contributed by atoms with Crippen LogP contribution in [0.15, 0.2) is 17.2 Å². The summed E-state index contributed by atoms with van der Waals surface area (Å²) in [5.74, 6) is -1.31. The maximum absolute atomic E-state index is 11.8. The maximum atomic E-state index is 11.8. The highest BCUT2D eigenvalue weighted by atomic mass is 32.2. The van der Waals surface area contributed by atoms with E-state index in [-0.39, 0.29) is 23.1 Å². The van der Waals surface area contributed by atoms with Crippen molar-refractivity contribution in [3.63, 3.8) is 0 Å². The number of aromatic amines is 1. The van der Waals surface area contributed by atoms with Crippen molar-refractivity contribution in [1.29, 1.82) is 0 Å². The molecule has 1 aromatic heterocycles. The number of H-pyrrole nitrogens is 1. The minimum absolute atomic E-state index is 0.0755. The zero-order valence-corrected chi connectivity index (χ0v) is 10.9.